The third kappa shape index (κ3) is 2.96. The van der Waals surface area contributed by atoms with Crippen LogP contribution in [0.1, 0.15) is 15.9 Å². The van der Waals surface area contributed by atoms with Gasteiger partial charge in [0.15, 0.2) is 5.78 Å². The zero-order chi connectivity index (χ0) is 14.7. The van der Waals surface area contributed by atoms with Crippen molar-refractivity contribution in [2.24, 2.45) is 0 Å². The molecule has 0 saturated heterocycles. The van der Waals surface area contributed by atoms with Crippen LogP contribution < -0.4 is 4.74 Å². The minimum absolute atomic E-state index is 0.0235. The number of carbonyl (C=O) groups is 1. The van der Waals surface area contributed by atoms with Gasteiger partial charge in [-0.3, -0.25) is 4.79 Å². The maximum Gasteiger partial charge on any atom is 0.173 e. The number of carbonyl (C=O) groups excluding carboxylic acids is 1. The Kier molecular flexibility index (Phi) is 4.35. The van der Waals surface area contributed by atoms with Gasteiger partial charge in [0, 0.05) is 6.42 Å². The van der Waals surface area contributed by atoms with Gasteiger partial charge in [0.25, 0.3) is 0 Å². The Bertz CT molecular complexity index is 656. The van der Waals surface area contributed by atoms with Gasteiger partial charge < -0.3 is 4.74 Å². The summed E-state index contributed by atoms with van der Waals surface area (Å²) in [5.41, 5.74) is 0.285. The zero-order valence-corrected chi connectivity index (χ0v) is 11.4. The molecule has 0 fully saturated rings. The quantitative estimate of drug-likeness (QED) is 0.796. The number of ketones is 1. The summed E-state index contributed by atoms with van der Waals surface area (Å²) in [7, 11) is 1.35. The van der Waals surface area contributed by atoms with Gasteiger partial charge in [-0.2, -0.15) is 0 Å². The summed E-state index contributed by atoms with van der Waals surface area (Å²) >= 11 is 5.57. The van der Waals surface area contributed by atoms with Crippen LogP contribution in [0.4, 0.5) is 8.78 Å². The van der Waals surface area contributed by atoms with E-state index in [9.17, 15) is 13.6 Å². The van der Waals surface area contributed by atoms with Crippen LogP contribution in [0.15, 0.2) is 36.4 Å². The van der Waals surface area contributed by atoms with Gasteiger partial charge in [-0.25, -0.2) is 8.78 Å². The second-order valence-electron chi connectivity index (χ2n) is 4.17. The first kappa shape index (κ1) is 14.5. The lowest BCUT2D eigenvalue weighted by atomic mass is 10.0. The van der Waals surface area contributed by atoms with E-state index in [1.54, 1.807) is 0 Å². The lowest BCUT2D eigenvalue weighted by molar-refractivity contribution is 0.0986. The van der Waals surface area contributed by atoms with Crippen molar-refractivity contribution in [2.75, 3.05) is 7.11 Å². The summed E-state index contributed by atoms with van der Waals surface area (Å²) in [5, 5.41) is -0.0235. The van der Waals surface area contributed by atoms with Crippen molar-refractivity contribution in [3.05, 3.63) is 64.2 Å². The lowest BCUT2D eigenvalue weighted by Crippen LogP contribution is -2.08. The summed E-state index contributed by atoms with van der Waals surface area (Å²) in [5.74, 6) is -1.60. The van der Waals surface area contributed by atoms with E-state index in [0.717, 1.165) is 6.07 Å². The van der Waals surface area contributed by atoms with Gasteiger partial charge in [-0.05, 0) is 29.8 Å². The van der Waals surface area contributed by atoms with Gasteiger partial charge in [-0.1, -0.05) is 23.7 Å². The molecule has 0 amide bonds. The number of halogens is 3. The number of hydrogen-bond donors (Lipinski definition) is 0. The number of benzene rings is 2. The fraction of sp³-hybridized carbons (Fsp3) is 0.133. The van der Waals surface area contributed by atoms with E-state index in [1.807, 2.05) is 0 Å². The number of Topliss-reactive ketones (excluding diaryl/α,β-unsaturated/α-hetero) is 1. The van der Waals surface area contributed by atoms with Crippen LogP contribution in [0.2, 0.25) is 5.02 Å². The Morgan fingerprint density at radius 2 is 1.95 bits per heavy atom. The predicted molar refractivity (Wildman–Crippen MR) is 72.4 cm³/mol. The molecular weight excluding hydrogens is 286 g/mol. The first-order chi connectivity index (χ1) is 9.52. The lowest BCUT2D eigenvalue weighted by Gasteiger charge is -2.08. The smallest absolute Gasteiger partial charge is 0.173 e. The zero-order valence-electron chi connectivity index (χ0n) is 10.6. The van der Waals surface area contributed by atoms with E-state index < -0.39 is 17.4 Å². The highest BCUT2D eigenvalue weighted by molar-refractivity contribution is 6.30. The molecule has 20 heavy (non-hydrogen) atoms. The SMILES string of the molecule is COc1cccc(F)c1C(=O)Cc1ccc(Cl)c(F)c1. The van der Waals surface area contributed by atoms with Crippen molar-refractivity contribution in [3.63, 3.8) is 0 Å². The standard InChI is InChI=1S/C15H11ClF2O2/c1-20-14-4-2-3-11(17)15(14)13(19)8-9-5-6-10(16)12(18)7-9/h2-7H,8H2,1H3. The van der Waals surface area contributed by atoms with Gasteiger partial charge >= 0.3 is 0 Å². The second kappa shape index (κ2) is 6.01. The Morgan fingerprint density at radius 1 is 1.20 bits per heavy atom. The molecule has 104 valence electrons. The van der Waals surface area contributed by atoms with E-state index in [2.05, 4.69) is 0 Å². The molecule has 0 aliphatic carbocycles. The van der Waals surface area contributed by atoms with Crippen molar-refractivity contribution in [1.82, 2.24) is 0 Å². The number of ether oxygens (including phenoxy) is 1. The van der Waals surface area contributed by atoms with Crippen LogP contribution in [-0.4, -0.2) is 12.9 Å². The van der Waals surface area contributed by atoms with E-state index in [-0.39, 0.29) is 22.8 Å². The first-order valence-electron chi connectivity index (χ1n) is 5.82. The van der Waals surface area contributed by atoms with Crippen LogP contribution in [0, 0.1) is 11.6 Å². The summed E-state index contributed by atoms with van der Waals surface area (Å²) < 4.78 is 32.0. The summed E-state index contributed by atoms with van der Waals surface area (Å²) in [6.07, 6.45) is -0.134. The molecule has 0 unspecified atom stereocenters. The van der Waals surface area contributed by atoms with Crippen molar-refractivity contribution < 1.29 is 18.3 Å². The molecule has 2 nitrogen and oxygen atoms in total. The van der Waals surface area contributed by atoms with Gasteiger partial charge in [-0.15, -0.1) is 0 Å². The average molecular weight is 297 g/mol. The molecule has 0 spiro atoms. The molecule has 0 aromatic heterocycles. The molecule has 0 heterocycles. The molecule has 0 radical (unpaired) electrons. The molecule has 0 aliphatic heterocycles. The molecule has 5 heteroatoms. The minimum Gasteiger partial charge on any atom is -0.496 e. The third-order valence-corrected chi connectivity index (χ3v) is 3.13. The third-order valence-electron chi connectivity index (χ3n) is 2.82. The van der Waals surface area contributed by atoms with Gasteiger partial charge in [0.05, 0.1) is 17.7 Å². The van der Waals surface area contributed by atoms with Crippen LogP contribution in [-0.2, 0) is 6.42 Å². The van der Waals surface area contributed by atoms with Crippen molar-refractivity contribution >= 4 is 17.4 Å². The number of rotatable bonds is 4. The average Bonchev–Trinajstić information content (AvgIpc) is 2.42. The summed E-state index contributed by atoms with van der Waals surface area (Å²) in [6, 6.07) is 8.17. The van der Waals surface area contributed by atoms with Gasteiger partial charge in [0.1, 0.15) is 17.4 Å². The normalized spacial score (nSPS) is 10.4. The molecule has 2 rings (SSSR count). The van der Waals surface area contributed by atoms with Crippen LogP contribution in [0.5, 0.6) is 5.75 Å². The van der Waals surface area contributed by atoms with E-state index >= 15 is 0 Å². The molecular formula is C15H11ClF2O2. The molecule has 0 aliphatic rings. The first-order valence-corrected chi connectivity index (χ1v) is 6.20. The Balaban J connectivity index is 2.30. The second-order valence-corrected chi connectivity index (χ2v) is 4.57. The molecule has 2 aromatic carbocycles. The van der Waals surface area contributed by atoms with E-state index in [1.165, 1.54) is 37.4 Å². The largest absolute Gasteiger partial charge is 0.496 e. The highest BCUT2D eigenvalue weighted by Gasteiger charge is 2.18. The van der Waals surface area contributed by atoms with Crippen molar-refractivity contribution in [1.29, 1.82) is 0 Å². The topological polar surface area (TPSA) is 26.3 Å². The van der Waals surface area contributed by atoms with E-state index in [4.69, 9.17) is 16.3 Å². The molecule has 0 bridgehead atoms. The monoisotopic (exact) mass is 296 g/mol. The van der Waals surface area contributed by atoms with Crippen molar-refractivity contribution in [3.8, 4) is 5.75 Å². The van der Waals surface area contributed by atoms with Gasteiger partial charge in [0.2, 0.25) is 0 Å². The predicted octanol–water partition coefficient (Wildman–Crippen LogP) is 4.05. The molecule has 0 saturated carbocycles. The van der Waals surface area contributed by atoms with E-state index in [0.29, 0.717) is 5.56 Å². The minimum atomic E-state index is -0.663. The maximum atomic E-state index is 13.7. The van der Waals surface area contributed by atoms with Crippen LogP contribution in [0.3, 0.4) is 0 Å². The highest BCUT2D eigenvalue weighted by atomic mass is 35.5. The maximum absolute atomic E-state index is 13.7. The number of methoxy groups -OCH3 is 1. The molecule has 0 N–H and O–H groups in total. The fourth-order valence-corrected chi connectivity index (χ4v) is 1.99. The highest BCUT2D eigenvalue weighted by Crippen LogP contribution is 2.24. The summed E-state index contributed by atoms with van der Waals surface area (Å²) in [6.45, 7) is 0. The molecule has 0 atom stereocenters. The van der Waals surface area contributed by atoms with Crippen molar-refractivity contribution in [2.45, 2.75) is 6.42 Å². The van der Waals surface area contributed by atoms with Crippen LogP contribution in [0.25, 0.3) is 0 Å². The Labute approximate surface area is 119 Å². The Morgan fingerprint density at radius 3 is 2.60 bits per heavy atom. The Hall–Kier alpha value is -1.94. The molecule has 2 aromatic rings. The number of hydrogen-bond acceptors (Lipinski definition) is 2. The fourth-order valence-electron chi connectivity index (χ4n) is 1.87. The summed E-state index contributed by atoms with van der Waals surface area (Å²) in [4.78, 5) is 12.1. The van der Waals surface area contributed by atoms with Crippen LogP contribution >= 0.6 is 11.6 Å².